The SMILES string of the molecule is COC(=O)C1=C(C(=O)OC)N(c2ccc3c(C)cc(Cl)nc3c2)COC1. The van der Waals surface area contributed by atoms with E-state index in [4.69, 9.17) is 25.8 Å². The molecule has 0 radical (unpaired) electrons. The first kappa shape index (κ1) is 18.2. The number of aryl methyl sites for hydroxylation is 1. The van der Waals surface area contributed by atoms with Crippen LogP contribution in [0.15, 0.2) is 35.5 Å². The third-order valence-corrected chi connectivity index (χ3v) is 4.31. The molecular weight excluding hydrogens is 360 g/mol. The van der Waals surface area contributed by atoms with Crippen LogP contribution in [0.25, 0.3) is 10.9 Å². The van der Waals surface area contributed by atoms with Crippen LogP contribution in [-0.4, -0.2) is 44.5 Å². The lowest BCUT2D eigenvalue weighted by Crippen LogP contribution is -2.38. The fourth-order valence-electron chi connectivity index (χ4n) is 2.86. The number of hydrogen-bond donors (Lipinski definition) is 0. The number of carbonyl (C=O) groups is 2. The molecule has 0 fully saturated rings. The number of nitrogens with zero attached hydrogens (tertiary/aromatic N) is 2. The molecule has 136 valence electrons. The quantitative estimate of drug-likeness (QED) is 0.601. The maximum atomic E-state index is 12.3. The van der Waals surface area contributed by atoms with E-state index in [1.165, 1.54) is 14.2 Å². The number of anilines is 1. The van der Waals surface area contributed by atoms with Crippen molar-refractivity contribution >= 4 is 40.1 Å². The summed E-state index contributed by atoms with van der Waals surface area (Å²) < 4.78 is 15.1. The number of esters is 2. The fourth-order valence-corrected chi connectivity index (χ4v) is 3.12. The lowest BCUT2D eigenvalue weighted by molar-refractivity contribution is -0.140. The Labute approximate surface area is 155 Å². The van der Waals surface area contributed by atoms with Crippen molar-refractivity contribution in [3.8, 4) is 0 Å². The number of ether oxygens (including phenoxy) is 3. The van der Waals surface area contributed by atoms with Gasteiger partial charge in [-0.05, 0) is 30.7 Å². The highest BCUT2D eigenvalue weighted by molar-refractivity contribution is 6.30. The molecule has 0 spiro atoms. The normalized spacial score (nSPS) is 14.5. The van der Waals surface area contributed by atoms with Crippen LogP contribution in [0, 0.1) is 6.92 Å². The molecule has 0 unspecified atom stereocenters. The van der Waals surface area contributed by atoms with Gasteiger partial charge in [0, 0.05) is 11.1 Å². The topological polar surface area (TPSA) is 78.0 Å². The van der Waals surface area contributed by atoms with E-state index in [0.29, 0.717) is 16.4 Å². The van der Waals surface area contributed by atoms with Gasteiger partial charge in [0.2, 0.25) is 0 Å². The summed E-state index contributed by atoms with van der Waals surface area (Å²) in [6.07, 6.45) is 0. The number of pyridine rings is 1. The Morgan fingerprint density at radius 1 is 1.19 bits per heavy atom. The van der Waals surface area contributed by atoms with Crippen LogP contribution in [0.4, 0.5) is 5.69 Å². The molecule has 3 rings (SSSR count). The lowest BCUT2D eigenvalue weighted by atomic mass is 10.1. The minimum atomic E-state index is -0.649. The van der Waals surface area contributed by atoms with Crippen LogP contribution in [0.1, 0.15) is 5.56 Å². The number of halogens is 1. The number of aromatic nitrogens is 1. The Hall–Kier alpha value is -2.64. The minimum absolute atomic E-state index is 0.0373. The van der Waals surface area contributed by atoms with Gasteiger partial charge in [0.1, 0.15) is 17.6 Å². The molecule has 1 aromatic heterocycles. The van der Waals surface area contributed by atoms with Crippen LogP contribution in [0.2, 0.25) is 5.15 Å². The maximum Gasteiger partial charge on any atom is 0.355 e. The van der Waals surface area contributed by atoms with Gasteiger partial charge in [-0.2, -0.15) is 0 Å². The average molecular weight is 377 g/mol. The monoisotopic (exact) mass is 376 g/mol. The Balaban J connectivity index is 2.15. The number of methoxy groups -OCH3 is 2. The number of hydrogen-bond acceptors (Lipinski definition) is 7. The van der Waals surface area contributed by atoms with Gasteiger partial charge in [0.15, 0.2) is 0 Å². The van der Waals surface area contributed by atoms with E-state index in [1.807, 2.05) is 19.1 Å². The third kappa shape index (κ3) is 3.23. The zero-order valence-corrected chi connectivity index (χ0v) is 15.3. The van der Waals surface area contributed by atoms with Crippen molar-refractivity contribution in [2.45, 2.75) is 6.92 Å². The van der Waals surface area contributed by atoms with Crippen molar-refractivity contribution in [2.24, 2.45) is 0 Å². The van der Waals surface area contributed by atoms with Gasteiger partial charge in [-0.3, -0.25) is 0 Å². The minimum Gasteiger partial charge on any atom is -0.466 e. The Bertz CT molecular complexity index is 925. The van der Waals surface area contributed by atoms with E-state index in [-0.39, 0.29) is 24.6 Å². The molecule has 1 aliphatic heterocycles. The van der Waals surface area contributed by atoms with E-state index < -0.39 is 11.9 Å². The van der Waals surface area contributed by atoms with E-state index >= 15 is 0 Å². The molecule has 0 aliphatic carbocycles. The number of carbonyl (C=O) groups excluding carboxylic acids is 2. The standard InChI is InChI=1S/C18H17ClN2O5/c1-10-6-15(19)20-14-7-11(4-5-12(10)14)21-9-26-8-13(17(22)24-2)16(21)18(23)25-3/h4-7H,8-9H2,1-3H3. The predicted octanol–water partition coefficient (Wildman–Crippen LogP) is 2.59. The predicted molar refractivity (Wildman–Crippen MR) is 95.8 cm³/mol. The van der Waals surface area contributed by atoms with E-state index in [1.54, 1.807) is 17.0 Å². The molecule has 1 aliphatic rings. The number of benzene rings is 1. The average Bonchev–Trinajstić information content (AvgIpc) is 2.65. The molecule has 2 heterocycles. The summed E-state index contributed by atoms with van der Waals surface area (Å²) in [5.74, 6) is -1.29. The van der Waals surface area contributed by atoms with Gasteiger partial charge in [-0.15, -0.1) is 0 Å². The highest BCUT2D eigenvalue weighted by Crippen LogP contribution is 2.30. The zero-order valence-electron chi connectivity index (χ0n) is 14.5. The smallest absolute Gasteiger partial charge is 0.355 e. The molecule has 0 amide bonds. The maximum absolute atomic E-state index is 12.3. The number of rotatable bonds is 3. The molecule has 0 bridgehead atoms. The van der Waals surface area contributed by atoms with Crippen molar-refractivity contribution in [1.82, 2.24) is 4.98 Å². The molecule has 2 aromatic rings. The van der Waals surface area contributed by atoms with Crippen LogP contribution >= 0.6 is 11.6 Å². The molecule has 0 saturated heterocycles. The van der Waals surface area contributed by atoms with Crippen molar-refractivity contribution in [1.29, 1.82) is 0 Å². The van der Waals surface area contributed by atoms with Gasteiger partial charge in [-0.25, -0.2) is 14.6 Å². The fraction of sp³-hybridized carbons (Fsp3) is 0.278. The van der Waals surface area contributed by atoms with Crippen molar-refractivity contribution in [3.05, 3.63) is 46.3 Å². The molecule has 1 aromatic carbocycles. The van der Waals surface area contributed by atoms with Crippen LogP contribution in [-0.2, 0) is 23.8 Å². The van der Waals surface area contributed by atoms with Crippen molar-refractivity contribution < 1.29 is 23.8 Å². The van der Waals surface area contributed by atoms with Gasteiger partial charge in [0.05, 0.1) is 31.9 Å². The van der Waals surface area contributed by atoms with E-state index in [9.17, 15) is 9.59 Å². The zero-order chi connectivity index (χ0) is 18.8. The highest BCUT2D eigenvalue weighted by Gasteiger charge is 2.32. The molecular formula is C18H17ClN2O5. The second kappa shape index (κ2) is 7.31. The molecule has 0 saturated carbocycles. The summed E-state index contributed by atoms with van der Waals surface area (Å²) >= 11 is 6.05. The van der Waals surface area contributed by atoms with Gasteiger partial charge < -0.3 is 19.1 Å². The second-order valence-corrected chi connectivity index (χ2v) is 6.07. The first-order chi connectivity index (χ1) is 12.5. The van der Waals surface area contributed by atoms with Gasteiger partial charge in [-0.1, -0.05) is 17.7 Å². The molecule has 7 nitrogen and oxygen atoms in total. The summed E-state index contributed by atoms with van der Waals surface area (Å²) in [7, 11) is 2.50. The summed E-state index contributed by atoms with van der Waals surface area (Å²) in [6.45, 7) is 1.98. The first-order valence-electron chi connectivity index (χ1n) is 7.78. The van der Waals surface area contributed by atoms with Crippen molar-refractivity contribution in [3.63, 3.8) is 0 Å². The lowest BCUT2D eigenvalue weighted by Gasteiger charge is -2.31. The summed E-state index contributed by atoms with van der Waals surface area (Å²) in [6, 6.07) is 7.26. The summed E-state index contributed by atoms with van der Waals surface area (Å²) in [5.41, 5.74) is 2.46. The molecule has 8 heteroatoms. The highest BCUT2D eigenvalue weighted by atomic mass is 35.5. The summed E-state index contributed by atoms with van der Waals surface area (Å²) in [4.78, 5) is 30.3. The Morgan fingerprint density at radius 2 is 1.92 bits per heavy atom. The van der Waals surface area contributed by atoms with E-state index in [0.717, 1.165) is 10.9 Å². The molecule has 26 heavy (non-hydrogen) atoms. The third-order valence-electron chi connectivity index (χ3n) is 4.11. The van der Waals surface area contributed by atoms with Crippen LogP contribution in [0.5, 0.6) is 0 Å². The Kier molecular flexibility index (Phi) is 5.11. The van der Waals surface area contributed by atoms with Crippen LogP contribution in [0.3, 0.4) is 0 Å². The Morgan fingerprint density at radius 3 is 2.62 bits per heavy atom. The molecule has 0 atom stereocenters. The second-order valence-electron chi connectivity index (χ2n) is 5.68. The number of fused-ring (bicyclic) bond motifs is 1. The summed E-state index contributed by atoms with van der Waals surface area (Å²) in [5, 5.41) is 1.31. The van der Waals surface area contributed by atoms with Gasteiger partial charge >= 0.3 is 11.9 Å². The largest absolute Gasteiger partial charge is 0.466 e. The first-order valence-corrected chi connectivity index (χ1v) is 8.16. The van der Waals surface area contributed by atoms with Gasteiger partial charge in [0.25, 0.3) is 0 Å². The van der Waals surface area contributed by atoms with Crippen LogP contribution < -0.4 is 4.90 Å². The molecule has 0 N–H and O–H groups in total. The van der Waals surface area contributed by atoms with Crippen molar-refractivity contribution in [2.75, 3.05) is 32.5 Å². The van der Waals surface area contributed by atoms with E-state index in [2.05, 4.69) is 4.98 Å².